The zero-order valence-electron chi connectivity index (χ0n) is 8.69. The number of nitrogens with one attached hydrogen (secondary N) is 2. The van der Waals surface area contributed by atoms with Gasteiger partial charge in [-0.25, -0.2) is 0 Å². The first-order valence-electron chi connectivity index (χ1n) is 4.99. The van der Waals surface area contributed by atoms with Gasteiger partial charge in [-0.15, -0.1) is 0 Å². The fourth-order valence-corrected chi connectivity index (χ4v) is 1.67. The summed E-state index contributed by atoms with van der Waals surface area (Å²) in [5.74, 6) is -0.741. The lowest BCUT2D eigenvalue weighted by atomic mass is 9.95. The Labute approximate surface area is 88.2 Å². The summed E-state index contributed by atoms with van der Waals surface area (Å²) in [6, 6.07) is -0.696. The van der Waals surface area contributed by atoms with E-state index in [1.807, 2.05) is 0 Å². The Morgan fingerprint density at radius 1 is 1.80 bits per heavy atom. The van der Waals surface area contributed by atoms with Gasteiger partial charge in [-0.2, -0.15) is 0 Å². The van der Waals surface area contributed by atoms with Gasteiger partial charge >= 0.3 is 0 Å². The third kappa shape index (κ3) is 2.90. The summed E-state index contributed by atoms with van der Waals surface area (Å²) in [5.41, 5.74) is 5.64. The van der Waals surface area contributed by atoms with E-state index in [0.29, 0.717) is 19.4 Å². The smallest absolute Gasteiger partial charge is 0.250 e. The molecule has 15 heavy (non-hydrogen) atoms. The fraction of sp³-hybridized carbons (Fsp3) is 0.778. The zero-order chi connectivity index (χ0) is 11.4. The van der Waals surface area contributed by atoms with Gasteiger partial charge in [0.1, 0.15) is 6.10 Å². The second-order valence-electron chi connectivity index (χ2n) is 3.74. The number of rotatable bonds is 4. The van der Waals surface area contributed by atoms with Gasteiger partial charge < -0.3 is 21.5 Å². The number of aliphatic hydroxyl groups excluding tert-OH is 1. The molecule has 0 radical (unpaired) electrons. The number of carbonyl (C=O) groups is 2. The Bertz CT molecular complexity index is 257. The number of aliphatic hydroxyl groups is 1. The second kappa shape index (κ2) is 5.09. The SMILES string of the molecule is CNC(=O)C(O)C(N)CC1CCNC1=O. The highest BCUT2D eigenvalue weighted by Gasteiger charge is 2.30. The Hall–Kier alpha value is -1.14. The molecule has 0 bridgehead atoms. The summed E-state index contributed by atoms with van der Waals surface area (Å²) in [4.78, 5) is 22.3. The van der Waals surface area contributed by atoms with Crippen molar-refractivity contribution in [3.05, 3.63) is 0 Å². The van der Waals surface area contributed by atoms with Crippen LogP contribution in [0.4, 0.5) is 0 Å². The van der Waals surface area contributed by atoms with E-state index >= 15 is 0 Å². The van der Waals surface area contributed by atoms with E-state index in [1.165, 1.54) is 7.05 Å². The molecule has 2 amide bonds. The van der Waals surface area contributed by atoms with E-state index in [0.717, 1.165) is 0 Å². The van der Waals surface area contributed by atoms with E-state index in [1.54, 1.807) is 0 Å². The number of amides is 2. The molecule has 6 heteroatoms. The van der Waals surface area contributed by atoms with Crippen LogP contribution in [-0.4, -0.2) is 42.7 Å². The van der Waals surface area contributed by atoms with Crippen LogP contribution in [0.1, 0.15) is 12.8 Å². The predicted molar refractivity (Wildman–Crippen MR) is 53.8 cm³/mol. The largest absolute Gasteiger partial charge is 0.382 e. The first kappa shape index (κ1) is 11.9. The zero-order valence-corrected chi connectivity index (χ0v) is 8.69. The van der Waals surface area contributed by atoms with Crippen LogP contribution < -0.4 is 16.4 Å². The van der Waals surface area contributed by atoms with Gasteiger partial charge in [-0.1, -0.05) is 0 Å². The summed E-state index contributed by atoms with van der Waals surface area (Å²) in [5, 5.41) is 14.5. The molecule has 1 fully saturated rings. The first-order valence-corrected chi connectivity index (χ1v) is 4.99. The van der Waals surface area contributed by atoms with E-state index in [9.17, 15) is 14.7 Å². The van der Waals surface area contributed by atoms with Crippen LogP contribution in [-0.2, 0) is 9.59 Å². The molecule has 0 aliphatic carbocycles. The average Bonchev–Trinajstić information content (AvgIpc) is 2.62. The van der Waals surface area contributed by atoms with Crippen LogP contribution in [0.15, 0.2) is 0 Å². The third-order valence-corrected chi connectivity index (χ3v) is 2.64. The number of nitrogens with two attached hydrogens (primary N) is 1. The molecule has 0 aromatic rings. The van der Waals surface area contributed by atoms with Crippen LogP contribution in [0.2, 0.25) is 0 Å². The standard InChI is InChI=1S/C9H17N3O3/c1-11-9(15)7(13)6(10)4-5-2-3-12-8(5)14/h5-7,13H,2-4,10H2,1H3,(H,11,15)(H,12,14). The van der Waals surface area contributed by atoms with E-state index in [2.05, 4.69) is 10.6 Å². The van der Waals surface area contributed by atoms with E-state index in [4.69, 9.17) is 5.73 Å². The van der Waals surface area contributed by atoms with E-state index < -0.39 is 18.1 Å². The van der Waals surface area contributed by atoms with Crippen molar-refractivity contribution in [2.24, 2.45) is 11.7 Å². The normalized spacial score (nSPS) is 24.5. The van der Waals surface area contributed by atoms with Gasteiger partial charge in [-0.3, -0.25) is 9.59 Å². The quantitative estimate of drug-likeness (QED) is 0.433. The van der Waals surface area contributed by atoms with Crippen LogP contribution in [0, 0.1) is 5.92 Å². The monoisotopic (exact) mass is 215 g/mol. The predicted octanol–water partition coefficient (Wildman–Crippen LogP) is -2.05. The minimum absolute atomic E-state index is 0.0467. The lowest BCUT2D eigenvalue weighted by molar-refractivity contribution is -0.131. The Kier molecular flexibility index (Phi) is 4.05. The maximum Gasteiger partial charge on any atom is 0.250 e. The minimum Gasteiger partial charge on any atom is -0.382 e. The molecule has 1 aliphatic heterocycles. The maximum atomic E-state index is 11.2. The average molecular weight is 215 g/mol. The Morgan fingerprint density at radius 2 is 2.47 bits per heavy atom. The van der Waals surface area contributed by atoms with Crippen molar-refractivity contribution in [1.29, 1.82) is 0 Å². The van der Waals surface area contributed by atoms with Gasteiger partial charge in [0, 0.05) is 25.6 Å². The molecule has 0 aromatic carbocycles. The third-order valence-electron chi connectivity index (χ3n) is 2.64. The number of carbonyl (C=O) groups excluding carboxylic acids is 2. The molecule has 1 saturated heterocycles. The lowest BCUT2D eigenvalue weighted by Gasteiger charge is -2.19. The van der Waals surface area contributed by atoms with Crippen molar-refractivity contribution in [3.63, 3.8) is 0 Å². The highest BCUT2D eigenvalue weighted by molar-refractivity contribution is 5.82. The van der Waals surface area contributed by atoms with Gasteiger partial charge in [0.15, 0.2) is 0 Å². The lowest BCUT2D eigenvalue weighted by Crippen LogP contribution is -2.46. The summed E-state index contributed by atoms with van der Waals surface area (Å²) in [6.45, 7) is 0.645. The van der Waals surface area contributed by atoms with Crippen LogP contribution in [0.5, 0.6) is 0 Å². The molecule has 86 valence electrons. The fourth-order valence-electron chi connectivity index (χ4n) is 1.67. The molecule has 1 heterocycles. The molecule has 5 N–H and O–H groups in total. The molecule has 3 atom stereocenters. The molecule has 0 aromatic heterocycles. The molecule has 1 rings (SSSR count). The summed E-state index contributed by atoms with van der Waals surface area (Å²) < 4.78 is 0. The summed E-state index contributed by atoms with van der Waals surface area (Å²) >= 11 is 0. The van der Waals surface area contributed by atoms with E-state index in [-0.39, 0.29) is 11.8 Å². The molecule has 0 saturated carbocycles. The minimum atomic E-state index is -1.25. The first-order chi connectivity index (χ1) is 7.06. The van der Waals surface area contributed by atoms with Crippen LogP contribution in [0.3, 0.4) is 0 Å². The van der Waals surface area contributed by atoms with Gasteiger partial charge in [-0.05, 0) is 12.8 Å². The van der Waals surface area contributed by atoms with Crippen molar-refractivity contribution in [3.8, 4) is 0 Å². The van der Waals surface area contributed by atoms with Crippen molar-refractivity contribution in [1.82, 2.24) is 10.6 Å². The highest BCUT2D eigenvalue weighted by Crippen LogP contribution is 2.16. The van der Waals surface area contributed by atoms with Crippen molar-refractivity contribution in [2.45, 2.75) is 25.0 Å². The number of hydrogen-bond acceptors (Lipinski definition) is 4. The van der Waals surface area contributed by atoms with Crippen molar-refractivity contribution in [2.75, 3.05) is 13.6 Å². The molecule has 0 spiro atoms. The second-order valence-corrected chi connectivity index (χ2v) is 3.74. The van der Waals surface area contributed by atoms with Gasteiger partial charge in [0.2, 0.25) is 11.8 Å². The topological polar surface area (TPSA) is 104 Å². The number of likely N-dealkylation sites (N-methyl/N-ethyl adjacent to an activating group) is 1. The molecular weight excluding hydrogens is 198 g/mol. The summed E-state index contributed by atoms with van der Waals surface area (Å²) in [7, 11) is 1.43. The van der Waals surface area contributed by atoms with Gasteiger partial charge in [0.25, 0.3) is 0 Å². The van der Waals surface area contributed by atoms with Crippen LogP contribution in [0.25, 0.3) is 0 Å². The molecule has 3 unspecified atom stereocenters. The Morgan fingerprint density at radius 3 is 2.93 bits per heavy atom. The Balaban J connectivity index is 2.43. The van der Waals surface area contributed by atoms with Crippen molar-refractivity contribution < 1.29 is 14.7 Å². The number of hydrogen-bond donors (Lipinski definition) is 4. The summed E-state index contributed by atoms with van der Waals surface area (Å²) in [6.07, 6.45) is -0.198. The highest BCUT2D eigenvalue weighted by atomic mass is 16.3. The van der Waals surface area contributed by atoms with Crippen molar-refractivity contribution >= 4 is 11.8 Å². The maximum absolute atomic E-state index is 11.2. The molecular formula is C9H17N3O3. The molecule has 6 nitrogen and oxygen atoms in total. The van der Waals surface area contributed by atoms with Gasteiger partial charge in [0.05, 0.1) is 0 Å². The van der Waals surface area contributed by atoms with Crippen LogP contribution >= 0.6 is 0 Å². The molecule has 1 aliphatic rings.